The van der Waals surface area contributed by atoms with Crippen molar-refractivity contribution in [3.05, 3.63) is 94.8 Å². The number of oxime groups is 1. The summed E-state index contributed by atoms with van der Waals surface area (Å²) >= 11 is 0.880. The first-order valence-electron chi connectivity index (χ1n) is 23.5. The third-order valence-corrected chi connectivity index (χ3v) is 12.5. The van der Waals surface area contributed by atoms with Crippen LogP contribution in [0.2, 0.25) is 0 Å². The Hall–Kier alpha value is -7.19. The Balaban J connectivity index is 1.24. The zero-order valence-corrected chi connectivity index (χ0v) is 44.3. The highest BCUT2D eigenvalue weighted by Gasteiger charge is 2.57. The lowest BCUT2D eigenvalue weighted by molar-refractivity contribution is -0.164. The van der Waals surface area contributed by atoms with Crippen molar-refractivity contribution in [2.24, 2.45) is 5.16 Å². The number of β-lactam (4-membered cyclic amide) rings is 1. The van der Waals surface area contributed by atoms with Gasteiger partial charge in [-0.05, 0) is 86.8 Å². The molecular weight excluding hydrogens is 1000 g/mol. The van der Waals surface area contributed by atoms with E-state index in [1.807, 2.05) is 12.1 Å². The van der Waals surface area contributed by atoms with Crippen LogP contribution in [0.4, 0.5) is 19.5 Å². The lowest BCUT2D eigenvalue weighted by Crippen LogP contribution is -2.73. The summed E-state index contributed by atoms with van der Waals surface area (Å²) in [5.41, 5.74) is -3.33. The van der Waals surface area contributed by atoms with Gasteiger partial charge in [-0.3, -0.25) is 24.4 Å². The number of aromatic nitrogens is 4. The van der Waals surface area contributed by atoms with Gasteiger partial charge in [0.1, 0.15) is 40.3 Å². The summed E-state index contributed by atoms with van der Waals surface area (Å²) in [5, 5.41) is 21.7. The average molecular weight is 1070 g/mol. The average Bonchev–Trinajstić information content (AvgIpc) is 3.70. The Morgan fingerprint density at radius 1 is 0.892 bits per heavy atom. The maximum absolute atomic E-state index is 14.4. The van der Waals surface area contributed by atoms with Crippen molar-refractivity contribution in [1.29, 1.82) is 0 Å². The van der Waals surface area contributed by atoms with E-state index in [-0.39, 0.29) is 53.2 Å². The zero-order chi connectivity index (χ0) is 54.4. The van der Waals surface area contributed by atoms with Crippen LogP contribution in [0, 0.1) is 0 Å². The maximum atomic E-state index is 14.4. The van der Waals surface area contributed by atoms with Gasteiger partial charge in [0.15, 0.2) is 16.9 Å². The maximum Gasteiger partial charge on any atom is 0.413 e. The largest absolute Gasteiger partial charge is 0.450 e. The molecule has 2 aromatic heterocycles. The predicted molar refractivity (Wildman–Crippen MR) is 267 cm³/mol. The molecule has 24 nitrogen and oxygen atoms in total. The number of carbonyl (C=O) groups is 6. The lowest BCUT2D eigenvalue weighted by Gasteiger charge is -2.43. The number of alkyl carbamates (subject to hydrolysis) is 1. The minimum absolute atomic E-state index is 0.0310. The number of esters is 1. The zero-order valence-electron chi connectivity index (χ0n) is 42.7. The van der Waals surface area contributed by atoms with Gasteiger partial charge < -0.3 is 34.4 Å². The van der Waals surface area contributed by atoms with Gasteiger partial charge in [0.2, 0.25) is 5.60 Å². The number of hydrogen-bond acceptors (Lipinski definition) is 18. The molecule has 1 saturated carbocycles. The number of anilines is 1. The number of rotatable bonds is 19. The molecule has 2 fully saturated rings. The van der Waals surface area contributed by atoms with Crippen molar-refractivity contribution in [3.8, 4) is 0 Å². The molecular formula is C48H62N10O14S2. The Bertz CT molecular complexity index is 2780. The highest BCUT2D eigenvalue weighted by molar-refractivity contribution is 7.84. The van der Waals surface area contributed by atoms with E-state index >= 15 is 0 Å². The standard InChI is InChI=1S/C48H62N10O14S2/c1-29(56(44(64)71-47(8,9)10)25-17-24-49-42(62)69-45(2,3)4)32-26-50-57(54-32)27-34-36(39(60)58(34)74(65,66)67)52-38(59)35(33-28-73-41(51-33)53-43(63)70-46(5,6)7)55-72-48(22-23-48)40(61)68-37(30-18-13-11-14-19-30)31-20-15-12-16-21-31/h11-16,18-21,26,28-29,34,36-37H,17,22-25,27H2,1-10H3,(H,49,62)(H,52,59)(H,51,53,63)(H,65,66,67)/b55-35-/t29?,34-,36+/m1/s1. The summed E-state index contributed by atoms with van der Waals surface area (Å²) in [5.74, 6) is -3.15. The lowest BCUT2D eigenvalue weighted by atomic mass is 9.98. The number of nitrogens with one attached hydrogen (secondary N) is 3. The molecule has 5 amide bonds. The molecule has 3 atom stereocenters. The van der Waals surface area contributed by atoms with Crippen molar-refractivity contribution in [3.63, 3.8) is 0 Å². The van der Waals surface area contributed by atoms with Crippen LogP contribution in [-0.2, 0) is 55.0 Å². The van der Waals surface area contributed by atoms with Gasteiger partial charge in [-0.1, -0.05) is 65.8 Å². The van der Waals surface area contributed by atoms with Crippen LogP contribution in [0.15, 0.2) is 77.4 Å². The summed E-state index contributed by atoms with van der Waals surface area (Å²) in [6.45, 7) is 16.6. The van der Waals surface area contributed by atoms with E-state index in [0.717, 1.165) is 16.1 Å². The third kappa shape index (κ3) is 15.2. The number of ether oxygens (including phenoxy) is 4. The predicted octanol–water partition coefficient (Wildman–Crippen LogP) is 6.08. The molecule has 2 aliphatic rings. The monoisotopic (exact) mass is 1070 g/mol. The Morgan fingerprint density at radius 3 is 2.03 bits per heavy atom. The summed E-state index contributed by atoms with van der Waals surface area (Å²) in [4.78, 5) is 92.8. The molecule has 26 heteroatoms. The van der Waals surface area contributed by atoms with E-state index in [4.69, 9.17) is 23.8 Å². The van der Waals surface area contributed by atoms with Gasteiger partial charge in [0.25, 0.3) is 11.8 Å². The molecule has 0 radical (unpaired) electrons. The smallest absolute Gasteiger partial charge is 0.413 e. The molecule has 1 aliphatic heterocycles. The molecule has 74 heavy (non-hydrogen) atoms. The highest BCUT2D eigenvalue weighted by Crippen LogP contribution is 2.43. The number of nitrogens with zero attached hydrogens (tertiary/aromatic N) is 7. The second kappa shape index (κ2) is 22.5. The molecule has 400 valence electrons. The summed E-state index contributed by atoms with van der Waals surface area (Å²) in [7, 11) is -5.22. The Labute approximate surface area is 432 Å². The summed E-state index contributed by atoms with van der Waals surface area (Å²) in [6, 6.07) is 14.1. The molecule has 3 heterocycles. The fraction of sp³-hybridized carbons (Fsp3) is 0.500. The van der Waals surface area contributed by atoms with E-state index in [1.54, 1.807) is 118 Å². The van der Waals surface area contributed by atoms with Crippen LogP contribution in [0.3, 0.4) is 0 Å². The molecule has 6 rings (SSSR count). The van der Waals surface area contributed by atoms with E-state index in [2.05, 4.69) is 36.3 Å². The van der Waals surface area contributed by atoms with E-state index in [0.29, 0.717) is 11.1 Å². The molecule has 2 aromatic carbocycles. The number of benzene rings is 2. The van der Waals surface area contributed by atoms with Crippen LogP contribution in [0.1, 0.15) is 123 Å². The molecule has 0 bridgehead atoms. The van der Waals surface area contributed by atoms with E-state index in [1.165, 1.54) is 16.5 Å². The number of hydrogen-bond donors (Lipinski definition) is 4. The topological polar surface area (TPSA) is 301 Å². The number of carbonyl (C=O) groups excluding carboxylic acids is 6. The number of thiazole rings is 1. The van der Waals surface area contributed by atoms with Gasteiger partial charge >= 0.3 is 34.6 Å². The Kier molecular flexibility index (Phi) is 17.1. The van der Waals surface area contributed by atoms with Gasteiger partial charge in [0.05, 0.1) is 18.8 Å². The van der Waals surface area contributed by atoms with Crippen molar-refractivity contribution < 1.29 is 65.5 Å². The molecule has 4 N–H and O–H groups in total. The second-order valence-corrected chi connectivity index (χ2v) is 22.5. The Morgan fingerprint density at radius 2 is 1.47 bits per heavy atom. The first-order chi connectivity index (χ1) is 34.5. The molecule has 0 spiro atoms. The second-order valence-electron chi connectivity index (χ2n) is 20.4. The first kappa shape index (κ1) is 56.1. The van der Waals surface area contributed by atoms with Crippen molar-refractivity contribution in [1.82, 2.24) is 39.8 Å². The normalized spacial score (nSPS) is 17.1. The van der Waals surface area contributed by atoms with Crippen LogP contribution in [0.25, 0.3) is 0 Å². The van der Waals surface area contributed by atoms with E-state index in [9.17, 15) is 41.7 Å². The molecule has 1 unspecified atom stereocenters. The van der Waals surface area contributed by atoms with Gasteiger partial charge in [-0.2, -0.15) is 23.4 Å². The van der Waals surface area contributed by atoms with Gasteiger partial charge in [0, 0.05) is 31.3 Å². The number of amides is 5. The quantitative estimate of drug-likeness (QED) is 0.0157. The van der Waals surface area contributed by atoms with Crippen LogP contribution < -0.4 is 16.0 Å². The first-order valence-corrected chi connectivity index (χ1v) is 25.8. The van der Waals surface area contributed by atoms with Gasteiger partial charge in [-0.25, -0.2) is 28.5 Å². The minimum atomic E-state index is -5.22. The fourth-order valence-corrected chi connectivity index (χ4v) is 8.75. The fourth-order valence-electron chi connectivity index (χ4n) is 7.20. The third-order valence-electron chi connectivity index (χ3n) is 10.8. The molecule has 1 saturated heterocycles. The van der Waals surface area contributed by atoms with E-state index < -0.39 is 105 Å². The van der Waals surface area contributed by atoms with Crippen molar-refractivity contribution >= 4 is 68.5 Å². The van der Waals surface area contributed by atoms with Crippen LogP contribution >= 0.6 is 11.3 Å². The van der Waals surface area contributed by atoms with Crippen LogP contribution in [0.5, 0.6) is 0 Å². The molecule has 1 aliphatic carbocycles. The minimum Gasteiger partial charge on any atom is -0.450 e. The van der Waals surface area contributed by atoms with Crippen molar-refractivity contribution in [2.75, 3.05) is 18.4 Å². The van der Waals surface area contributed by atoms with Gasteiger partial charge in [-0.15, -0.1) is 11.3 Å². The van der Waals surface area contributed by atoms with Crippen molar-refractivity contribution in [2.45, 2.75) is 142 Å². The molecule has 4 aromatic rings. The van der Waals surface area contributed by atoms with Crippen LogP contribution in [-0.4, -0.2) is 132 Å². The summed E-state index contributed by atoms with van der Waals surface area (Å²) < 4.78 is 57.9. The summed E-state index contributed by atoms with van der Waals surface area (Å²) in [6.07, 6.45) is -1.16. The SMILES string of the molecule is CC(c1cnn(C[C@@H]2[C@H](NC(=O)/C(=N\OC3(C(=O)OC(c4ccccc4)c4ccccc4)CC3)c3csc(NC(=O)OC(C)(C)C)n3)C(=O)N2S(=O)(=O)O)n1)N(CCCNC(=O)OC(C)(C)C)C(=O)OC(C)(C)C. The highest BCUT2D eigenvalue weighted by atomic mass is 32.2.